The Kier molecular flexibility index (Phi) is 6.00. The zero-order valence-electron chi connectivity index (χ0n) is 11.9. The zero-order valence-corrected chi connectivity index (χ0v) is 14.3. The Morgan fingerprint density at radius 1 is 1.30 bits per heavy atom. The first kappa shape index (κ1) is 16.5. The van der Waals surface area contributed by atoms with Gasteiger partial charge >= 0.3 is 0 Å². The second kappa shape index (κ2) is 7.28. The van der Waals surface area contributed by atoms with Crippen LogP contribution in [-0.4, -0.2) is 15.5 Å². The molecule has 6 heteroatoms. The second-order valence-electron chi connectivity index (χ2n) is 4.66. The molecule has 0 bridgehead atoms. The van der Waals surface area contributed by atoms with E-state index >= 15 is 0 Å². The molecule has 0 saturated heterocycles. The number of benzene rings is 1. The number of rotatable bonds is 3. The number of aromatic nitrogens is 2. The number of hydrogen-bond donors (Lipinski definition) is 2. The van der Waals surface area contributed by atoms with Crippen molar-refractivity contribution in [3.8, 4) is 0 Å². The number of nitrogens with one attached hydrogen (secondary N) is 1. The van der Waals surface area contributed by atoms with Gasteiger partial charge in [0, 0.05) is 25.1 Å². The van der Waals surface area contributed by atoms with Gasteiger partial charge in [0.1, 0.15) is 12.4 Å². The van der Waals surface area contributed by atoms with Crippen molar-refractivity contribution in [1.82, 2.24) is 9.55 Å². The van der Waals surface area contributed by atoms with E-state index in [0.717, 1.165) is 11.5 Å². The number of guanidine groups is 1. The fraction of sp³-hybridized carbons (Fsp3) is 0.286. The first-order valence-corrected chi connectivity index (χ1v) is 6.16. The third-order valence-corrected chi connectivity index (χ3v) is 2.81. The minimum atomic E-state index is 0. The number of nitrogens with zero attached hydrogens (tertiary/aromatic N) is 3. The maximum Gasteiger partial charge on any atom is 0.193 e. The van der Waals surface area contributed by atoms with Gasteiger partial charge in [0.2, 0.25) is 0 Å². The summed E-state index contributed by atoms with van der Waals surface area (Å²) in [5, 5.41) is 3.10. The SMILES string of the molecule is Cc1cc(C)cc(NC(N)=NCc2nccn2C)c1.I. The Morgan fingerprint density at radius 3 is 2.50 bits per heavy atom. The van der Waals surface area contributed by atoms with Crippen molar-refractivity contribution in [2.45, 2.75) is 20.4 Å². The molecule has 2 rings (SSSR count). The van der Waals surface area contributed by atoms with E-state index in [1.165, 1.54) is 11.1 Å². The first-order chi connectivity index (χ1) is 9.04. The van der Waals surface area contributed by atoms with E-state index in [-0.39, 0.29) is 24.0 Å². The minimum Gasteiger partial charge on any atom is -0.370 e. The highest BCUT2D eigenvalue weighted by Gasteiger charge is 2.00. The second-order valence-corrected chi connectivity index (χ2v) is 4.66. The van der Waals surface area contributed by atoms with E-state index in [0.29, 0.717) is 12.5 Å². The van der Waals surface area contributed by atoms with E-state index in [1.54, 1.807) is 6.20 Å². The van der Waals surface area contributed by atoms with E-state index in [1.807, 2.05) is 29.9 Å². The monoisotopic (exact) mass is 385 g/mol. The van der Waals surface area contributed by atoms with Crippen LogP contribution in [-0.2, 0) is 13.6 Å². The molecule has 2 aromatic rings. The van der Waals surface area contributed by atoms with E-state index < -0.39 is 0 Å². The van der Waals surface area contributed by atoms with Crippen molar-refractivity contribution in [2.75, 3.05) is 5.32 Å². The third kappa shape index (κ3) is 4.52. The highest BCUT2D eigenvalue weighted by Crippen LogP contribution is 2.13. The molecule has 20 heavy (non-hydrogen) atoms. The summed E-state index contributed by atoms with van der Waals surface area (Å²) in [4.78, 5) is 8.48. The lowest BCUT2D eigenvalue weighted by Crippen LogP contribution is -2.23. The molecule has 1 heterocycles. The molecular formula is C14H20IN5. The molecular weight excluding hydrogens is 365 g/mol. The van der Waals surface area contributed by atoms with Crippen LogP contribution in [0, 0.1) is 13.8 Å². The van der Waals surface area contributed by atoms with E-state index in [2.05, 4.69) is 35.2 Å². The number of nitrogens with two attached hydrogens (primary N) is 1. The van der Waals surface area contributed by atoms with Crippen LogP contribution in [0.25, 0.3) is 0 Å². The molecule has 0 aliphatic carbocycles. The molecule has 0 saturated carbocycles. The summed E-state index contributed by atoms with van der Waals surface area (Å²) < 4.78 is 1.92. The van der Waals surface area contributed by atoms with Crippen LogP contribution in [0.2, 0.25) is 0 Å². The summed E-state index contributed by atoms with van der Waals surface area (Å²) in [6.07, 6.45) is 3.64. The number of hydrogen-bond acceptors (Lipinski definition) is 2. The third-order valence-electron chi connectivity index (χ3n) is 2.81. The van der Waals surface area contributed by atoms with Gasteiger partial charge in [-0.3, -0.25) is 0 Å². The van der Waals surface area contributed by atoms with Crippen molar-refractivity contribution >= 4 is 35.6 Å². The van der Waals surface area contributed by atoms with Crippen molar-refractivity contribution < 1.29 is 0 Å². The standard InChI is InChI=1S/C14H19N5.HI/c1-10-6-11(2)8-12(7-10)18-14(15)17-9-13-16-4-5-19(13)3;/h4-8H,9H2,1-3H3,(H3,15,17,18);1H. The molecule has 0 aliphatic heterocycles. The Labute approximate surface area is 136 Å². The molecule has 0 aliphatic rings. The van der Waals surface area contributed by atoms with E-state index in [4.69, 9.17) is 5.73 Å². The van der Waals surface area contributed by atoms with Gasteiger partial charge in [-0.15, -0.1) is 24.0 Å². The summed E-state index contributed by atoms with van der Waals surface area (Å²) in [5.41, 5.74) is 9.22. The Balaban J connectivity index is 0.00000200. The van der Waals surface area contributed by atoms with Gasteiger partial charge in [-0.05, 0) is 37.1 Å². The molecule has 3 N–H and O–H groups in total. The predicted molar refractivity (Wildman–Crippen MR) is 93.5 cm³/mol. The van der Waals surface area contributed by atoms with E-state index in [9.17, 15) is 0 Å². The van der Waals surface area contributed by atoms with Gasteiger partial charge in [0.15, 0.2) is 5.96 Å². The molecule has 108 valence electrons. The molecule has 0 fully saturated rings. The Bertz CT molecular complexity index is 583. The lowest BCUT2D eigenvalue weighted by molar-refractivity contribution is 0.793. The summed E-state index contributed by atoms with van der Waals surface area (Å²) in [6, 6.07) is 6.19. The highest BCUT2D eigenvalue weighted by atomic mass is 127. The van der Waals surface area contributed by atoms with Gasteiger partial charge in [-0.2, -0.15) is 0 Å². The van der Waals surface area contributed by atoms with Crippen LogP contribution in [0.3, 0.4) is 0 Å². The average Bonchev–Trinajstić information content (AvgIpc) is 2.71. The summed E-state index contributed by atoms with van der Waals surface area (Å²) in [7, 11) is 1.94. The summed E-state index contributed by atoms with van der Waals surface area (Å²) in [6.45, 7) is 4.58. The van der Waals surface area contributed by atoms with Gasteiger partial charge < -0.3 is 15.6 Å². The Morgan fingerprint density at radius 2 is 1.95 bits per heavy atom. The zero-order chi connectivity index (χ0) is 13.8. The lowest BCUT2D eigenvalue weighted by Gasteiger charge is -2.08. The fourth-order valence-corrected chi connectivity index (χ4v) is 1.94. The van der Waals surface area contributed by atoms with Crippen LogP contribution in [0.5, 0.6) is 0 Å². The molecule has 0 atom stereocenters. The molecule has 0 unspecified atom stereocenters. The number of halogens is 1. The number of imidazole rings is 1. The normalized spacial score (nSPS) is 11.1. The fourth-order valence-electron chi connectivity index (χ4n) is 1.94. The van der Waals surface area contributed by atoms with Gasteiger partial charge in [0.05, 0.1) is 0 Å². The summed E-state index contributed by atoms with van der Waals surface area (Å²) in [5.74, 6) is 1.28. The predicted octanol–water partition coefficient (Wildman–Crippen LogP) is 2.58. The van der Waals surface area contributed by atoms with Gasteiger partial charge in [-0.25, -0.2) is 9.98 Å². The van der Waals surface area contributed by atoms with Crippen LogP contribution < -0.4 is 11.1 Å². The number of aryl methyl sites for hydroxylation is 3. The van der Waals surface area contributed by atoms with Crippen molar-refractivity contribution in [2.24, 2.45) is 17.8 Å². The number of aliphatic imine (C=N–C) groups is 1. The van der Waals surface area contributed by atoms with Gasteiger partial charge in [0.25, 0.3) is 0 Å². The van der Waals surface area contributed by atoms with Crippen LogP contribution in [0.4, 0.5) is 5.69 Å². The van der Waals surface area contributed by atoms with Gasteiger partial charge in [-0.1, -0.05) is 6.07 Å². The van der Waals surface area contributed by atoms with Crippen molar-refractivity contribution in [3.63, 3.8) is 0 Å². The quantitative estimate of drug-likeness (QED) is 0.485. The highest BCUT2D eigenvalue weighted by molar-refractivity contribution is 14.0. The molecule has 0 amide bonds. The maximum atomic E-state index is 5.87. The lowest BCUT2D eigenvalue weighted by atomic mass is 10.1. The molecule has 1 aromatic heterocycles. The smallest absolute Gasteiger partial charge is 0.193 e. The first-order valence-electron chi connectivity index (χ1n) is 6.16. The Hall–Kier alpha value is -1.57. The van der Waals surface area contributed by atoms with Crippen molar-refractivity contribution in [3.05, 3.63) is 47.5 Å². The molecule has 0 spiro atoms. The average molecular weight is 385 g/mol. The number of anilines is 1. The largest absolute Gasteiger partial charge is 0.370 e. The topological polar surface area (TPSA) is 68.2 Å². The van der Waals surface area contributed by atoms with Crippen molar-refractivity contribution in [1.29, 1.82) is 0 Å². The summed E-state index contributed by atoms with van der Waals surface area (Å²) >= 11 is 0. The molecule has 5 nitrogen and oxygen atoms in total. The molecule has 0 radical (unpaired) electrons. The maximum absolute atomic E-state index is 5.87. The minimum absolute atomic E-state index is 0. The molecule has 1 aromatic carbocycles. The van der Waals surface area contributed by atoms with Crippen LogP contribution in [0.1, 0.15) is 17.0 Å². The van der Waals surface area contributed by atoms with Crippen LogP contribution in [0.15, 0.2) is 35.6 Å². The van der Waals surface area contributed by atoms with Crippen LogP contribution >= 0.6 is 24.0 Å².